The van der Waals surface area contributed by atoms with Crippen molar-refractivity contribution in [2.45, 2.75) is 32.7 Å². The van der Waals surface area contributed by atoms with E-state index in [1.165, 1.54) is 5.56 Å². The Morgan fingerprint density at radius 1 is 1.04 bits per heavy atom. The Kier molecular flexibility index (Phi) is 4.58. The Morgan fingerprint density at radius 2 is 1.67 bits per heavy atom. The molecule has 0 aromatic heterocycles. The Morgan fingerprint density at radius 3 is 2.29 bits per heavy atom. The van der Waals surface area contributed by atoms with Gasteiger partial charge in [-0.3, -0.25) is 0 Å². The second-order valence-electron chi connectivity index (χ2n) is 7.50. The van der Waals surface area contributed by atoms with Crippen LogP contribution in [0.5, 0.6) is 0 Å². The van der Waals surface area contributed by atoms with Crippen molar-refractivity contribution in [2.24, 2.45) is 5.41 Å². The van der Waals surface area contributed by atoms with E-state index in [-0.39, 0.29) is 11.0 Å². The van der Waals surface area contributed by atoms with Crippen LogP contribution in [-0.2, 0) is 5.54 Å². The molecular weight excluding hydrogens is 336 g/mol. The number of hydrogen-bond acceptors (Lipinski definition) is 1. The molecular formula is C20H23ClN2S. The lowest BCUT2D eigenvalue weighted by Crippen LogP contribution is -2.45. The van der Waals surface area contributed by atoms with Gasteiger partial charge in [-0.25, -0.2) is 0 Å². The van der Waals surface area contributed by atoms with Crippen LogP contribution in [-0.4, -0.2) is 16.6 Å². The lowest BCUT2D eigenvalue weighted by atomic mass is 9.81. The molecule has 4 heteroatoms. The van der Waals surface area contributed by atoms with E-state index in [0.29, 0.717) is 0 Å². The van der Waals surface area contributed by atoms with Crippen molar-refractivity contribution >= 4 is 34.6 Å². The van der Waals surface area contributed by atoms with Crippen LogP contribution in [0, 0.1) is 5.41 Å². The highest BCUT2D eigenvalue weighted by molar-refractivity contribution is 7.80. The molecule has 0 radical (unpaired) electrons. The van der Waals surface area contributed by atoms with Crippen LogP contribution in [0.15, 0.2) is 54.6 Å². The third kappa shape index (κ3) is 3.42. The summed E-state index contributed by atoms with van der Waals surface area (Å²) in [6.45, 7) is 7.79. The smallest absolute Gasteiger partial charge is 0.174 e. The fraction of sp³-hybridized carbons (Fsp3) is 0.350. The lowest BCUT2D eigenvalue weighted by molar-refractivity contribution is 0.262. The minimum Gasteiger partial charge on any atom is -0.339 e. The SMILES string of the molecule is CC1(C)CN(C(=S)Nc2ccccc2)[C@](C)(c2ccc(Cl)cc2)C1. The van der Waals surface area contributed by atoms with Crippen molar-refractivity contribution in [3.8, 4) is 0 Å². The van der Waals surface area contributed by atoms with Gasteiger partial charge in [0.1, 0.15) is 0 Å². The van der Waals surface area contributed by atoms with Gasteiger partial charge < -0.3 is 10.2 Å². The summed E-state index contributed by atoms with van der Waals surface area (Å²) in [5.74, 6) is 0. The van der Waals surface area contributed by atoms with E-state index in [1.54, 1.807) is 0 Å². The van der Waals surface area contributed by atoms with E-state index in [1.807, 2.05) is 42.5 Å². The number of para-hydroxylation sites is 1. The molecule has 1 aliphatic heterocycles. The molecule has 1 fully saturated rings. The van der Waals surface area contributed by atoms with Gasteiger partial charge in [-0.2, -0.15) is 0 Å². The van der Waals surface area contributed by atoms with Crippen LogP contribution in [0.4, 0.5) is 5.69 Å². The van der Waals surface area contributed by atoms with Crippen molar-refractivity contribution in [3.63, 3.8) is 0 Å². The second kappa shape index (κ2) is 6.38. The molecule has 0 unspecified atom stereocenters. The number of anilines is 1. The molecule has 1 N–H and O–H groups in total. The molecule has 1 saturated heterocycles. The van der Waals surface area contributed by atoms with Crippen LogP contribution in [0.25, 0.3) is 0 Å². The fourth-order valence-electron chi connectivity index (χ4n) is 3.76. The average molecular weight is 359 g/mol. The maximum absolute atomic E-state index is 6.07. The molecule has 0 amide bonds. The maximum atomic E-state index is 6.07. The molecule has 0 aliphatic carbocycles. The Hall–Kier alpha value is -1.58. The van der Waals surface area contributed by atoms with Gasteiger partial charge in [-0.05, 0) is 60.8 Å². The summed E-state index contributed by atoms with van der Waals surface area (Å²) in [6.07, 6.45) is 1.04. The number of likely N-dealkylation sites (tertiary alicyclic amines) is 1. The zero-order valence-corrected chi connectivity index (χ0v) is 15.9. The van der Waals surface area contributed by atoms with E-state index >= 15 is 0 Å². The van der Waals surface area contributed by atoms with E-state index in [4.69, 9.17) is 23.8 Å². The first-order valence-corrected chi connectivity index (χ1v) is 8.99. The van der Waals surface area contributed by atoms with Gasteiger partial charge in [0.05, 0.1) is 5.54 Å². The predicted octanol–water partition coefficient (Wildman–Crippen LogP) is 5.68. The van der Waals surface area contributed by atoms with Crippen LogP contribution >= 0.6 is 23.8 Å². The number of halogens is 1. The van der Waals surface area contributed by atoms with Crippen LogP contribution in [0.3, 0.4) is 0 Å². The quantitative estimate of drug-likeness (QED) is 0.695. The summed E-state index contributed by atoms with van der Waals surface area (Å²) in [6, 6.07) is 18.2. The zero-order chi connectivity index (χ0) is 17.4. The predicted molar refractivity (Wildman–Crippen MR) is 107 cm³/mol. The Balaban J connectivity index is 1.91. The minimum absolute atomic E-state index is 0.146. The molecule has 2 aromatic rings. The van der Waals surface area contributed by atoms with E-state index in [9.17, 15) is 0 Å². The molecule has 3 rings (SSSR count). The van der Waals surface area contributed by atoms with E-state index in [2.05, 4.69) is 43.1 Å². The second-order valence-corrected chi connectivity index (χ2v) is 8.33. The summed E-state index contributed by atoms with van der Waals surface area (Å²) < 4.78 is 0. The van der Waals surface area contributed by atoms with Gasteiger partial charge in [-0.15, -0.1) is 0 Å². The first-order valence-electron chi connectivity index (χ1n) is 8.20. The van der Waals surface area contributed by atoms with Gasteiger partial charge in [-0.1, -0.05) is 55.8 Å². The average Bonchev–Trinajstić information content (AvgIpc) is 2.79. The number of thiocarbonyl (C=S) groups is 1. The zero-order valence-electron chi connectivity index (χ0n) is 14.3. The van der Waals surface area contributed by atoms with Crippen molar-refractivity contribution in [3.05, 3.63) is 65.2 Å². The number of nitrogens with zero attached hydrogens (tertiary/aromatic N) is 1. The highest BCUT2D eigenvalue weighted by Crippen LogP contribution is 2.47. The first kappa shape index (κ1) is 17.2. The fourth-order valence-corrected chi connectivity index (χ4v) is 4.27. The van der Waals surface area contributed by atoms with Crippen molar-refractivity contribution < 1.29 is 0 Å². The van der Waals surface area contributed by atoms with Gasteiger partial charge >= 0.3 is 0 Å². The largest absolute Gasteiger partial charge is 0.339 e. The molecule has 2 aromatic carbocycles. The molecule has 2 nitrogen and oxygen atoms in total. The van der Waals surface area contributed by atoms with Crippen molar-refractivity contribution in [1.29, 1.82) is 0 Å². The Bertz CT molecular complexity index is 727. The van der Waals surface area contributed by atoms with Crippen LogP contribution in [0.2, 0.25) is 5.02 Å². The molecule has 24 heavy (non-hydrogen) atoms. The topological polar surface area (TPSA) is 15.3 Å². The molecule has 0 spiro atoms. The molecule has 1 heterocycles. The lowest BCUT2D eigenvalue weighted by Gasteiger charge is -2.37. The van der Waals surface area contributed by atoms with E-state index in [0.717, 1.165) is 28.8 Å². The minimum atomic E-state index is -0.146. The number of benzene rings is 2. The van der Waals surface area contributed by atoms with Crippen molar-refractivity contribution in [2.75, 3.05) is 11.9 Å². The highest BCUT2D eigenvalue weighted by Gasteiger charge is 2.48. The highest BCUT2D eigenvalue weighted by atomic mass is 35.5. The third-order valence-corrected chi connectivity index (χ3v) is 5.32. The third-order valence-electron chi connectivity index (χ3n) is 4.74. The van der Waals surface area contributed by atoms with Crippen molar-refractivity contribution in [1.82, 2.24) is 4.90 Å². The first-order chi connectivity index (χ1) is 11.3. The maximum Gasteiger partial charge on any atom is 0.174 e. The molecule has 0 saturated carbocycles. The number of hydrogen-bond donors (Lipinski definition) is 1. The normalized spacial score (nSPS) is 22.4. The summed E-state index contributed by atoms with van der Waals surface area (Å²) in [5.41, 5.74) is 2.31. The van der Waals surface area contributed by atoms with Gasteiger partial charge in [0.25, 0.3) is 0 Å². The molecule has 1 atom stereocenters. The standard InChI is InChI=1S/C20H23ClN2S/c1-19(2)13-20(3,15-9-11-16(21)12-10-15)23(14-19)18(24)22-17-7-5-4-6-8-17/h4-12H,13-14H2,1-3H3,(H,22,24)/t20-/m0/s1. The number of rotatable bonds is 2. The summed E-state index contributed by atoms with van der Waals surface area (Å²) >= 11 is 11.8. The summed E-state index contributed by atoms with van der Waals surface area (Å²) in [4.78, 5) is 2.32. The monoisotopic (exact) mass is 358 g/mol. The molecule has 1 aliphatic rings. The molecule has 0 bridgehead atoms. The van der Waals surface area contributed by atoms with Gasteiger partial charge in [0, 0.05) is 17.3 Å². The van der Waals surface area contributed by atoms with Crippen LogP contribution < -0.4 is 5.32 Å². The summed E-state index contributed by atoms with van der Waals surface area (Å²) in [5, 5.41) is 4.92. The number of nitrogens with one attached hydrogen (secondary N) is 1. The van der Waals surface area contributed by atoms with Gasteiger partial charge in [0.15, 0.2) is 5.11 Å². The van der Waals surface area contributed by atoms with Crippen LogP contribution in [0.1, 0.15) is 32.8 Å². The van der Waals surface area contributed by atoms with E-state index < -0.39 is 0 Å². The Labute approximate surface area is 154 Å². The molecule has 126 valence electrons. The summed E-state index contributed by atoms with van der Waals surface area (Å²) in [7, 11) is 0. The van der Waals surface area contributed by atoms with Gasteiger partial charge in [0.2, 0.25) is 0 Å².